The van der Waals surface area contributed by atoms with Gasteiger partial charge in [0.05, 0.1) is 13.5 Å². The average molecular weight is 279 g/mol. The first kappa shape index (κ1) is 15.4. The summed E-state index contributed by atoms with van der Waals surface area (Å²) in [4.78, 5) is 13.0. The van der Waals surface area contributed by atoms with Crippen molar-refractivity contribution in [1.82, 2.24) is 13.9 Å². The van der Waals surface area contributed by atoms with E-state index in [9.17, 15) is 13.2 Å². The summed E-state index contributed by atoms with van der Waals surface area (Å²) in [5.41, 5.74) is 0. The van der Waals surface area contributed by atoms with E-state index >= 15 is 0 Å². The molecule has 1 saturated heterocycles. The SMILES string of the molecule is COC(=O)CCN(C)S(=O)(=O)NC1CCN(C)C1. The van der Waals surface area contributed by atoms with E-state index in [4.69, 9.17) is 0 Å². The highest BCUT2D eigenvalue weighted by Gasteiger charge is 2.26. The molecule has 8 heteroatoms. The van der Waals surface area contributed by atoms with Gasteiger partial charge in [0.2, 0.25) is 0 Å². The van der Waals surface area contributed by atoms with Gasteiger partial charge in [-0.05, 0) is 20.0 Å². The van der Waals surface area contributed by atoms with Crippen molar-refractivity contribution in [2.24, 2.45) is 0 Å². The minimum atomic E-state index is -3.52. The van der Waals surface area contributed by atoms with Crippen LogP contribution in [0.4, 0.5) is 0 Å². The van der Waals surface area contributed by atoms with Crippen molar-refractivity contribution < 1.29 is 17.9 Å². The third kappa shape index (κ3) is 4.52. The molecule has 1 N–H and O–H groups in total. The summed E-state index contributed by atoms with van der Waals surface area (Å²) in [6, 6.07) is -0.0550. The molecule has 1 aliphatic heterocycles. The van der Waals surface area contributed by atoms with Crippen LogP contribution < -0.4 is 4.72 Å². The number of likely N-dealkylation sites (tertiary alicyclic amines) is 1. The number of likely N-dealkylation sites (N-methyl/N-ethyl adjacent to an activating group) is 1. The van der Waals surface area contributed by atoms with Crippen molar-refractivity contribution in [3.63, 3.8) is 0 Å². The predicted octanol–water partition coefficient (Wildman–Crippen LogP) is -0.980. The zero-order valence-electron chi connectivity index (χ0n) is 11.0. The van der Waals surface area contributed by atoms with E-state index < -0.39 is 16.2 Å². The van der Waals surface area contributed by atoms with Crippen LogP contribution in [0.3, 0.4) is 0 Å². The first-order valence-electron chi connectivity index (χ1n) is 5.84. The van der Waals surface area contributed by atoms with Gasteiger partial charge in [-0.15, -0.1) is 0 Å². The number of methoxy groups -OCH3 is 1. The van der Waals surface area contributed by atoms with Crippen molar-refractivity contribution in [3.05, 3.63) is 0 Å². The molecule has 1 fully saturated rings. The molecule has 0 aliphatic carbocycles. The number of hydrogen-bond donors (Lipinski definition) is 1. The van der Waals surface area contributed by atoms with Crippen LogP contribution in [0.2, 0.25) is 0 Å². The summed E-state index contributed by atoms with van der Waals surface area (Å²) < 4.78 is 32.1. The first-order chi connectivity index (χ1) is 8.35. The van der Waals surface area contributed by atoms with Crippen LogP contribution in [0.25, 0.3) is 0 Å². The van der Waals surface area contributed by atoms with E-state index in [2.05, 4.69) is 14.4 Å². The molecule has 0 aromatic carbocycles. The van der Waals surface area contributed by atoms with Gasteiger partial charge >= 0.3 is 5.97 Å². The highest BCUT2D eigenvalue weighted by molar-refractivity contribution is 7.87. The number of nitrogens with one attached hydrogen (secondary N) is 1. The Labute approximate surface area is 108 Å². The van der Waals surface area contributed by atoms with Gasteiger partial charge < -0.3 is 9.64 Å². The van der Waals surface area contributed by atoms with Crippen LogP contribution in [0.15, 0.2) is 0 Å². The summed E-state index contributed by atoms with van der Waals surface area (Å²) in [5, 5.41) is 0. The van der Waals surface area contributed by atoms with Crippen molar-refractivity contribution in [3.8, 4) is 0 Å². The highest BCUT2D eigenvalue weighted by atomic mass is 32.2. The zero-order chi connectivity index (χ0) is 13.8. The summed E-state index contributed by atoms with van der Waals surface area (Å²) in [6.45, 7) is 1.72. The molecule has 1 aliphatic rings. The van der Waals surface area contributed by atoms with Crippen molar-refractivity contribution in [2.45, 2.75) is 18.9 Å². The lowest BCUT2D eigenvalue weighted by molar-refractivity contribution is -0.140. The maximum absolute atomic E-state index is 11.9. The molecular weight excluding hydrogens is 258 g/mol. The molecule has 1 unspecified atom stereocenters. The number of hydrogen-bond acceptors (Lipinski definition) is 5. The summed E-state index contributed by atoms with van der Waals surface area (Å²) in [7, 11) is 1.16. The Hall–Kier alpha value is -0.700. The van der Waals surface area contributed by atoms with E-state index in [0.29, 0.717) is 6.54 Å². The molecule has 0 bridgehead atoms. The lowest BCUT2D eigenvalue weighted by Gasteiger charge is -2.20. The van der Waals surface area contributed by atoms with Crippen molar-refractivity contribution >= 4 is 16.2 Å². The van der Waals surface area contributed by atoms with Gasteiger partial charge in [-0.1, -0.05) is 0 Å². The quantitative estimate of drug-likeness (QED) is 0.632. The Balaban J connectivity index is 2.44. The third-order valence-corrected chi connectivity index (χ3v) is 4.61. The molecule has 0 spiro atoms. The number of nitrogens with zero attached hydrogens (tertiary/aromatic N) is 2. The molecule has 0 aromatic heterocycles. The minimum Gasteiger partial charge on any atom is -0.469 e. The minimum absolute atomic E-state index is 0.0540. The van der Waals surface area contributed by atoms with Crippen LogP contribution in [0.1, 0.15) is 12.8 Å². The van der Waals surface area contributed by atoms with Gasteiger partial charge in [0.15, 0.2) is 0 Å². The fraction of sp³-hybridized carbons (Fsp3) is 0.900. The van der Waals surface area contributed by atoms with Gasteiger partial charge in [0, 0.05) is 26.2 Å². The van der Waals surface area contributed by atoms with Crippen LogP contribution in [-0.2, 0) is 19.7 Å². The second kappa shape index (κ2) is 6.46. The third-order valence-electron chi connectivity index (χ3n) is 2.98. The van der Waals surface area contributed by atoms with Crippen LogP contribution in [0.5, 0.6) is 0 Å². The molecule has 0 aromatic rings. The summed E-state index contributed by atoms with van der Waals surface area (Å²) >= 11 is 0. The standard InChI is InChI=1S/C10H21N3O4S/c1-12-6-4-9(8-12)11-18(15,16)13(2)7-5-10(14)17-3/h9,11H,4-8H2,1-3H3. The molecule has 0 radical (unpaired) electrons. The van der Waals surface area contributed by atoms with Gasteiger partial charge in [0.1, 0.15) is 0 Å². The Morgan fingerprint density at radius 1 is 1.56 bits per heavy atom. The summed E-state index contributed by atoms with van der Waals surface area (Å²) in [5.74, 6) is -0.419. The molecular formula is C10H21N3O4S. The van der Waals surface area contributed by atoms with E-state index in [-0.39, 0.29) is 19.0 Å². The molecule has 1 atom stereocenters. The molecule has 0 amide bonds. The predicted molar refractivity (Wildman–Crippen MR) is 67.2 cm³/mol. The molecule has 106 valence electrons. The van der Waals surface area contributed by atoms with Crippen molar-refractivity contribution in [2.75, 3.05) is 40.8 Å². The smallest absolute Gasteiger partial charge is 0.306 e. The summed E-state index contributed by atoms with van der Waals surface area (Å²) in [6.07, 6.45) is 0.860. The van der Waals surface area contributed by atoms with E-state index in [1.165, 1.54) is 14.2 Å². The van der Waals surface area contributed by atoms with E-state index in [1.807, 2.05) is 7.05 Å². The number of ether oxygens (including phenoxy) is 1. The molecule has 0 saturated carbocycles. The van der Waals surface area contributed by atoms with Crippen LogP contribution >= 0.6 is 0 Å². The molecule has 1 heterocycles. The van der Waals surface area contributed by atoms with Gasteiger partial charge in [-0.25, -0.2) is 0 Å². The number of esters is 1. The first-order valence-corrected chi connectivity index (χ1v) is 7.28. The molecule has 1 rings (SSSR count). The zero-order valence-corrected chi connectivity index (χ0v) is 11.9. The maximum atomic E-state index is 11.9. The largest absolute Gasteiger partial charge is 0.469 e. The van der Waals surface area contributed by atoms with Crippen LogP contribution in [0, 0.1) is 0 Å². The van der Waals surface area contributed by atoms with Crippen LogP contribution in [-0.4, -0.2) is 70.5 Å². The van der Waals surface area contributed by atoms with E-state index in [1.54, 1.807) is 0 Å². The van der Waals surface area contributed by atoms with Gasteiger partial charge in [-0.3, -0.25) is 4.79 Å². The van der Waals surface area contributed by atoms with E-state index in [0.717, 1.165) is 17.3 Å². The highest BCUT2D eigenvalue weighted by Crippen LogP contribution is 2.08. The topological polar surface area (TPSA) is 78.9 Å². The molecule has 18 heavy (non-hydrogen) atoms. The Bertz CT molecular complexity index is 385. The lowest BCUT2D eigenvalue weighted by atomic mass is 10.3. The fourth-order valence-corrected chi connectivity index (χ4v) is 2.93. The van der Waals surface area contributed by atoms with Gasteiger partial charge in [-0.2, -0.15) is 17.4 Å². The Kier molecular flexibility index (Phi) is 5.51. The Morgan fingerprint density at radius 2 is 2.22 bits per heavy atom. The monoisotopic (exact) mass is 279 g/mol. The number of carbonyl (C=O) groups is 1. The number of rotatable bonds is 6. The number of carbonyl (C=O) groups excluding carboxylic acids is 1. The normalized spacial score (nSPS) is 21.4. The molecule has 7 nitrogen and oxygen atoms in total. The Morgan fingerprint density at radius 3 is 2.72 bits per heavy atom. The fourth-order valence-electron chi connectivity index (χ4n) is 1.80. The van der Waals surface area contributed by atoms with Crippen molar-refractivity contribution in [1.29, 1.82) is 0 Å². The second-order valence-electron chi connectivity index (χ2n) is 4.52. The van der Waals surface area contributed by atoms with Gasteiger partial charge in [0.25, 0.3) is 10.2 Å². The average Bonchev–Trinajstić information content (AvgIpc) is 2.70. The lowest BCUT2D eigenvalue weighted by Crippen LogP contribution is -2.45. The second-order valence-corrected chi connectivity index (χ2v) is 6.33. The maximum Gasteiger partial charge on any atom is 0.306 e.